The lowest BCUT2D eigenvalue weighted by Gasteiger charge is -2.27. The first kappa shape index (κ1) is 25.7. The van der Waals surface area contributed by atoms with Crippen molar-refractivity contribution in [2.45, 2.75) is 44.5 Å². The van der Waals surface area contributed by atoms with E-state index < -0.39 is 24.1 Å². The molecule has 1 saturated carbocycles. The third kappa shape index (κ3) is 4.70. The van der Waals surface area contributed by atoms with E-state index in [1.807, 2.05) is 47.1 Å². The van der Waals surface area contributed by atoms with E-state index in [0.29, 0.717) is 5.82 Å². The maximum absolute atomic E-state index is 13.5. The Morgan fingerprint density at radius 2 is 1.88 bits per heavy atom. The Bertz CT molecular complexity index is 1760. The van der Waals surface area contributed by atoms with Gasteiger partial charge in [0.05, 0.1) is 29.2 Å². The van der Waals surface area contributed by atoms with Crippen molar-refractivity contribution in [1.82, 2.24) is 14.8 Å². The molecule has 204 valence electrons. The van der Waals surface area contributed by atoms with Crippen LogP contribution in [-0.2, 0) is 24.0 Å². The van der Waals surface area contributed by atoms with Crippen LogP contribution in [0.25, 0.3) is 32.8 Å². The summed E-state index contributed by atoms with van der Waals surface area (Å²) < 4.78 is 48.2. The molecule has 1 fully saturated rings. The van der Waals surface area contributed by atoms with Gasteiger partial charge in [-0.15, -0.1) is 0 Å². The number of fused-ring (bicyclic) bond motifs is 2. The summed E-state index contributed by atoms with van der Waals surface area (Å²) in [5, 5.41) is 16.7. The Labute approximate surface area is 227 Å². The van der Waals surface area contributed by atoms with E-state index in [-0.39, 0.29) is 24.0 Å². The molecule has 2 heterocycles. The molecule has 0 spiro atoms. The summed E-state index contributed by atoms with van der Waals surface area (Å²) in [4.78, 5) is 15.6. The fourth-order valence-electron chi connectivity index (χ4n) is 5.20. The third-order valence-electron chi connectivity index (χ3n) is 7.47. The van der Waals surface area contributed by atoms with Gasteiger partial charge in [0.2, 0.25) is 0 Å². The lowest BCUT2D eigenvalue weighted by atomic mass is 9.93. The smallest absolute Gasteiger partial charge is 0.416 e. The Morgan fingerprint density at radius 1 is 1.05 bits per heavy atom. The standard InChI is InChI=1S/C30H25F3N4O3/c31-30(32,33)19-9-7-18(14-28(38)39)27(15-19)40-16-26-24-13-17(8-10-25(24)36-37(26)20-3-1-4-20)21-5-2-6-23-22(21)11-12-35-29(23)34/h2,5-13,15,20H,1,3-4,14,16H2,(H2,34,35)(H,38,39). The van der Waals surface area contributed by atoms with E-state index in [1.54, 1.807) is 6.20 Å². The number of hydrogen-bond donors (Lipinski definition) is 2. The van der Waals surface area contributed by atoms with Crippen LogP contribution in [0.3, 0.4) is 0 Å². The minimum atomic E-state index is -4.59. The van der Waals surface area contributed by atoms with E-state index in [1.165, 1.54) is 0 Å². The number of rotatable bonds is 7. The first-order chi connectivity index (χ1) is 19.2. The number of alkyl halides is 3. The predicted molar refractivity (Wildman–Crippen MR) is 145 cm³/mol. The molecule has 40 heavy (non-hydrogen) atoms. The fraction of sp³-hybridized carbons (Fsp3) is 0.233. The molecule has 6 rings (SSSR count). The number of nitrogens with zero attached hydrogens (tertiary/aromatic N) is 3. The second kappa shape index (κ2) is 9.86. The number of nitrogens with two attached hydrogens (primary N) is 1. The number of pyridine rings is 1. The molecular weight excluding hydrogens is 521 g/mol. The highest BCUT2D eigenvalue weighted by Crippen LogP contribution is 2.38. The van der Waals surface area contributed by atoms with Crippen molar-refractivity contribution in [3.8, 4) is 16.9 Å². The molecule has 2 aromatic heterocycles. The third-order valence-corrected chi connectivity index (χ3v) is 7.47. The number of carboxylic acid groups (broad SMARTS) is 1. The summed E-state index contributed by atoms with van der Waals surface area (Å²) in [5.41, 5.74) is 8.71. The first-order valence-electron chi connectivity index (χ1n) is 12.9. The highest BCUT2D eigenvalue weighted by atomic mass is 19.4. The molecular formula is C30H25F3N4O3. The summed E-state index contributed by atoms with van der Waals surface area (Å²) in [6.45, 7) is -0.0726. The van der Waals surface area contributed by atoms with Crippen LogP contribution in [-0.4, -0.2) is 25.8 Å². The minimum absolute atomic E-state index is 0.0726. The summed E-state index contributed by atoms with van der Waals surface area (Å²) in [5.74, 6) is -0.837. The summed E-state index contributed by atoms with van der Waals surface area (Å²) in [6.07, 6.45) is -0.438. The predicted octanol–water partition coefficient (Wildman–Crippen LogP) is 6.78. The van der Waals surface area contributed by atoms with Crippen molar-refractivity contribution in [3.05, 3.63) is 83.7 Å². The second-order valence-corrected chi connectivity index (χ2v) is 9.98. The highest BCUT2D eigenvalue weighted by molar-refractivity contribution is 6.02. The molecule has 5 aromatic rings. The zero-order chi connectivity index (χ0) is 28.0. The van der Waals surface area contributed by atoms with Gasteiger partial charge in [-0.2, -0.15) is 18.3 Å². The molecule has 0 atom stereocenters. The number of nitrogen functional groups attached to an aromatic ring is 1. The molecule has 7 nitrogen and oxygen atoms in total. The van der Waals surface area contributed by atoms with Crippen molar-refractivity contribution in [3.63, 3.8) is 0 Å². The Kier molecular flexibility index (Phi) is 6.32. The zero-order valence-corrected chi connectivity index (χ0v) is 21.3. The van der Waals surface area contributed by atoms with Gasteiger partial charge in [0, 0.05) is 22.5 Å². The van der Waals surface area contributed by atoms with Gasteiger partial charge >= 0.3 is 12.1 Å². The largest absolute Gasteiger partial charge is 0.487 e. The van der Waals surface area contributed by atoms with Crippen molar-refractivity contribution in [1.29, 1.82) is 0 Å². The van der Waals surface area contributed by atoms with E-state index in [9.17, 15) is 23.1 Å². The van der Waals surface area contributed by atoms with Gasteiger partial charge in [0.1, 0.15) is 18.2 Å². The Morgan fingerprint density at radius 3 is 2.60 bits per heavy atom. The van der Waals surface area contributed by atoms with Crippen molar-refractivity contribution >= 4 is 33.5 Å². The molecule has 0 bridgehead atoms. The average molecular weight is 547 g/mol. The summed E-state index contributed by atoms with van der Waals surface area (Å²) in [6, 6.07) is 16.7. The van der Waals surface area contributed by atoms with E-state index in [0.717, 1.165) is 76.0 Å². The highest BCUT2D eigenvalue weighted by Gasteiger charge is 2.32. The molecule has 10 heteroatoms. The fourth-order valence-corrected chi connectivity index (χ4v) is 5.20. The van der Waals surface area contributed by atoms with Crippen LogP contribution in [0.2, 0.25) is 0 Å². The maximum Gasteiger partial charge on any atom is 0.416 e. The average Bonchev–Trinajstić information content (AvgIpc) is 3.23. The van der Waals surface area contributed by atoms with Crippen LogP contribution in [0.1, 0.15) is 42.1 Å². The lowest BCUT2D eigenvalue weighted by molar-refractivity contribution is -0.137. The maximum atomic E-state index is 13.5. The Balaban J connectivity index is 1.44. The molecule has 0 aliphatic heterocycles. The molecule has 0 saturated heterocycles. The van der Waals surface area contributed by atoms with Gasteiger partial charge in [0.25, 0.3) is 0 Å². The van der Waals surface area contributed by atoms with Gasteiger partial charge in [-0.05, 0) is 66.1 Å². The van der Waals surface area contributed by atoms with Crippen LogP contribution in [0.15, 0.2) is 66.9 Å². The number of halogens is 3. The van der Waals surface area contributed by atoms with Gasteiger partial charge in [-0.3, -0.25) is 9.48 Å². The molecule has 3 aromatic carbocycles. The normalized spacial score (nSPS) is 14.0. The number of aromatic nitrogens is 3. The van der Waals surface area contributed by atoms with Crippen molar-refractivity contribution < 1.29 is 27.8 Å². The number of anilines is 1. The Hall–Kier alpha value is -4.60. The number of aliphatic carboxylic acids is 1. The molecule has 1 aliphatic carbocycles. The summed E-state index contributed by atoms with van der Waals surface area (Å²) >= 11 is 0. The number of carbonyl (C=O) groups is 1. The zero-order valence-electron chi connectivity index (χ0n) is 21.3. The number of carboxylic acids is 1. The van der Waals surface area contributed by atoms with Crippen LogP contribution in [0.5, 0.6) is 5.75 Å². The van der Waals surface area contributed by atoms with E-state index >= 15 is 0 Å². The molecule has 0 amide bonds. The lowest BCUT2D eigenvalue weighted by Crippen LogP contribution is -2.21. The SMILES string of the molecule is Nc1nccc2c(-c3ccc4nn(C5CCC5)c(COc5cc(C(F)(F)F)ccc5CC(=O)O)c4c3)cccc12. The summed E-state index contributed by atoms with van der Waals surface area (Å²) in [7, 11) is 0. The number of hydrogen-bond acceptors (Lipinski definition) is 5. The van der Waals surface area contributed by atoms with Gasteiger partial charge in [-0.25, -0.2) is 4.98 Å². The van der Waals surface area contributed by atoms with E-state index in [2.05, 4.69) is 4.98 Å². The van der Waals surface area contributed by atoms with Crippen LogP contribution in [0.4, 0.5) is 19.0 Å². The topological polar surface area (TPSA) is 103 Å². The van der Waals surface area contributed by atoms with Gasteiger partial charge in [-0.1, -0.05) is 30.3 Å². The van der Waals surface area contributed by atoms with Crippen LogP contribution in [0, 0.1) is 0 Å². The molecule has 1 aliphatic rings. The number of benzene rings is 3. The molecule has 3 N–H and O–H groups in total. The number of ether oxygens (including phenoxy) is 1. The van der Waals surface area contributed by atoms with Crippen molar-refractivity contribution in [2.75, 3.05) is 5.73 Å². The molecule has 0 unspecified atom stereocenters. The monoisotopic (exact) mass is 546 g/mol. The second-order valence-electron chi connectivity index (χ2n) is 9.98. The molecule has 0 radical (unpaired) electrons. The van der Waals surface area contributed by atoms with Crippen molar-refractivity contribution in [2.24, 2.45) is 0 Å². The van der Waals surface area contributed by atoms with Gasteiger partial charge in [0.15, 0.2) is 0 Å². The quantitative estimate of drug-likeness (QED) is 0.233. The minimum Gasteiger partial charge on any atom is -0.487 e. The van der Waals surface area contributed by atoms with Crippen LogP contribution >= 0.6 is 0 Å². The van der Waals surface area contributed by atoms with Crippen LogP contribution < -0.4 is 10.5 Å². The van der Waals surface area contributed by atoms with E-state index in [4.69, 9.17) is 15.6 Å². The first-order valence-corrected chi connectivity index (χ1v) is 12.9. The van der Waals surface area contributed by atoms with Gasteiger partial charge < -0.3 is 15.6 Å².